The first kappa shape index (κ1) is 17.5. The van der Waals surface area contributed by atoms with Crippen LogP contribution in [0.25, 0.3) is 0 Å². The highest BCUT2D eigenvalue weighted by atomic mass is 79.9. The van der Waals surface area contributed by atoms with Crippen molar-refractivity contribution >= 4 is 33.6 Å². The Morgan fingerprint density at radius 3 is 2.29 bits per heavy atom. The lowest BCUT2D eigenvalue weighted by Gasteiger charge is -2.27. The maximum absolute atomic E-state index is 12.4. The second-order valence-corrected chi connectivity index (χ2v) is 6.04. The summed E-state index contributed by atoms with van der Waals surface area (Å²) < 4.78 is 0.944. The summed E-state index contributed by atoms with van der Waals surface area (Å²) in [7, 11) is 0. The van der Waals surface area contributed by atoms with Crippen molar-refractivity contribution in [3.63, 3.8) is 0 Å². The third-order valence-corrected chi connectivity index (χ3v) is 3.88. The summed E-state index contributed by atoms with van der Waals surface area (Å²) in [6.45, 7) is 7.25. The molecule has 0 aromatic heterocycles. The van der Waals surface area contributed by atoms with Crippen molar-refractivity contribution in [2.75, 3.05) is 11.9 Å². The van der Waals surface area contributed by atoms with Crippen LogP contribution in [0, 0.1) is 13.8 Å². The Morgan fingerprint density at radius 2 is 1.86 bits per heavy atom. The lowest BCUT2D eigenvalue weighted by molar-refractivity contribution is -0.138. The highest BCUT2D eigenvalue weighted by Crippen LogP contribution is 2.25. The number of urea groups is 1. The summed E-state index contributed by atoms with van der Waals surface area (Å²) in [5, 5.41) is 11.8. The number of rotatable bonds is 5. The monoisotopic (exact) mass is 356 g/mol. The van der Waals surface area contributed by atoms with Crippen LogP contribution in [0.3, 0.4) is 0 Å². The topological polar surface area (TPSA) is 69.6 Å². The number of carbonyl (C=O) groups is 2. The third kappa shape index (κ3) is 4.74. The van der Waals surface area contributed by atoms with Crippen LogP contribution < -0.4 is 5.32 Å². The number of nitrogens with zero attached hydrogens (tertiary/aromatic N) is 1. The van der Waals surface area contributed by atoms with Gasteiger partial charge in [0.2, 0.25) is 0 Å². The SMILES string of the molecule is CCC(C)N(CC(=O)O)C(=O)Nc1c(C)cc(Br)cc1C. The Kier molecular flexibility index (Phi) is 6.20. The van der Waals surface area contributed by atoms with Crippen molar-refractivity contribution < 1.29 is 14.7 Å². The van der Waals surface area contributed by atoms with Gasteiger partial charge in [0, 0.05) is 16.2 Å². The molecule has 0 aliphatic heterocycles. The van der Waals surface area contributed by atoms with Crippen LogP contribution in [0.1, 0.15) is 31.4 Å². The fourth-order valence-electron chi connectivity index (χ4n) is 2.08. The minimum absolute atomic E-state index is 0.142. The number of hydrogen-bond acceptors (Lipinski definition) is 2. The zero-order chi connectivity index (χ0) is 16.2. The number of carboxylic acid groups (broad SMARTS) is 1. The molecule has 0 fully saturated rings. The number of hydrogen-bond donors (Lipinski definition) is 2. The van der Waals surface area contributed by atoms with E-state index in [0.29, 0.717) is 6.42 Å². The molecule has 2 amide bonds. The van der Waals surface area contributed by atoms with E-state index in [2.05, 4.69) is 21.2 Å². The maximum Gasteiger partial charge on any atom is 0.323 e. The average molecular weight is 357 g/mol. The molecule has 0 saturated heterocycles. The standard InChI is InChI=1S/C15H21BrN2O3/c1-5-11(4)18(8-13(19)20)15(21)17-14-9(2)6-12(16)7-10(14)3/h6-7,11H,5,8H2,1-4H3,(H,17,21)(H,19,20). The van der Waals surface area contributed by atoms with E-state index in [1.54, 1.807) is 0 Å². The first-order valence-electron chi connectivity index (χ1n) is 6.82. The first-order chi connectivity index (χ1) is 9.76. The smallest absolute Gasteiger partial charge is 0.323 e. The van der Waals surface area contributed by atoms with Gasteiger partial charge in [-0.1, -0.05) is 22.9 Å². The lowest BCUT2D eigenvalue weighted by Crippen LogP contribution is -2.44. The van der Waals surface area contributed by atoms with Crippen LogP contribution in [0.2, 0.25) is 0 Å². The van der Waals surface area contributed by atoms with E-state index >= 15 is 0 Å². The van der Waals surface area contributed by atoms with Crippen molar-refractivity contribution in [3.05, 3.63) is 27.7 Å². The highest BCUT2D eigenvalue weighted by Gasteiger charge is 2.22. The molecule has 5 nitrogen and oxygen atoms in total. The number of aliphatic carboxylic acids is 1. The molecule has 1 rings (SSSR count). The zero-order valence-electron chi connectivity index (χ0n) is 12.7. The Hall–Kier alpha value is -1.56. The zero-order valence-corrected chi connectivity index (χ0v) is 14.3. The molecule has 21 heavy (non-hydrogen) atoms. The quantitative estimate of drug-likeness (QED) is 0.843. The molecular formula is C15H21BrN2O3. The predicted molar refractivity (Wildman–Crippen MR) is 86.7 cm³/mol. The van der Waals surface area contributed by atoms with Gasteiger partial charge in [-0.3, -0.25) is 4.79 Å². The van der Waals surface area contributed by atoms with E-state index in [1.165, 1.54) is 4.90 Å². The lowest BCUT2D eigenvalue weighted by atomic mass is 10.1. The van der Waals surface area contributed by atoms with E-state index in [4.69, 9.17) is 5.11 Å². The van der Waals surface area contributed by atoms with Crippen LogP contribution in [-0.2, 0) is 4.79 Å². The maximum atomic E-state index is 12.4. The minimum atomic E-state index is -1.02. The van der Waals surface area contributed by atoms with E-state index in [1.807, 2.05) is 39.8 Å². The fraction of sp³-hybridized carbons (Fsp3) is 0.467. The molecule has 116 valence electrons. The summed E-state index contributed by atoms with van der Waals surface area (Å²) in [6, 6.07) is 3.29. The van der Waals surface area contributed by atoms with Crippen LogP contribution in [0.5, 0.6) is 0 Å². The number of carboxylic acids is 1. The largest absolute Gasteiger partial charge is 0.480 e. The number of nitrogens with one attached hydrogen (secondary N) is 1. The molecule has 0 spiro atoms. The third-order valence-electron chi connectivity index (χ3n) is 3.42. The summed E-state index contributed by atoms with van der Waals surface area (Å²) in [5.74, 6) is -1.02. The van der Waals surface area contributed by atoms with Crippen molar-refractivity contribution in [2.24, 2.45) is 0 Å². The van der Waals surface area contributed by atoms with Gasteiger partial charge in [0.15, 0.2) is 0 Å². The summed E-state index contributed by atoms with van der Waals surface area (Å²) >= 11 is 3.41. The number of carbonyl (C=O) groups excluding carboxylic acids is 1. The van der Waals surface area contributed by atoms with Gasteiger partial charge in [0.05, 0.1) is 0 Å². The number of benzene rings is 1. The van der Waals surface area contributed by atoms with E-state index in [9.17, 15) is 9.59 Å². The van der Waals surface area contributed by atoms with Crippen molar-refractivity contribution in [3.8, 4) is 0 Å². The van der Waals surface area contributed by atoms with Gasteiger partial charge in [-0.05, 0) is 50.5 Å². The Morgan fingerprint density at radius 1 is 1.33 bits per heavy atom. The molecule has 1 aromatic rings. The van der Waals surface area contributed by atoms with Gasteiger partial charge in [0.25, 0.3) is 0 Å². The van der Waals surface area contributed by atoms with Crippen LogP contribution in [0.4, 0.5) is 10.5 Å². The van der Waals surface area contributed by atoms with Gasteiger partial charge < -0.3 is 15.3 Å². The van der Waals surface area contributed by atoms with E-state index in [-0.39, 0.29) is 18.6 Å². The van der Waals surface area contributed by atoms with Crippen LogP contribution in [-0.4, -0.2) is 34.6 Å². The Labute approximate surface area is 133 Å². The molecule has 6 heteroatoms. The van der Waals surface area contributed by atoms with E-state index in [0.717, 1.165) is 21.3 Å². The van der Waals surface area contributed by atoms with Gasteiger partial charge in [-0.15, -0.1) is 0 Å². The van der Waals surface area contributed by atoms with Crippen molar-refractivity contribution in [1.29, 1.82) is 0 Å². The van der Waals surface area contributed by atoms with Crippen molar-refractivity contribution in [2.45, 2.75) is 40.2 Å². The second kappa shape index (κ2) is 7.45. The van der Waals surface area contributed by atoms with Crippen LogP contribution >= 0.6 is 15.9 Å². The second-order valence-electron chi connectivity index (χ2n) is 5.12. The summed E-state index contributed by atoms with van der Waals surface area (Å²) in [4.78, 5) is 24.7. The molecule has 0 bridgehead atoms. The van der Waals surface area contributed by atoms with Crippen LogP contribution in [0.15, 0.2) is 16.6 Å². The van der Waals surface area contributed by atoms with Gasteiger partial charge in [0.1, 0.15) is 6.54 Å². The number of amides is 2. The minimum Gasteiger partial charge on any atom is -0.480 e. The van der Waals surface area contributed by atoms with Gasteiger partial charge in [-0.2, -0.15) is 0 Å². The number of aryl methyl sites for hydroxylation is 2. The Balaban J connectivity index is 2.99. The van der Waals surface area contributed by atoms with E-state index < -0.39 is 5.97 Å². The molecule has 0 aliphatic carbocycles. The molecule has 0 heterocycles. The molecule has 1 aromatic carbocycles. The molecule has 2 N–H and O–H groups in total. The highest BCUT2D eigenvalue weighted by molar-refractivity contribution is 9.10. The first-order valence-corrected chi connectivity index (χ1v) is 7.61. The van der Waals surface area contributed by atoms with Gasteiger partial charge >= 0.3 is 12.0 Å². The Bertz CT molecular complexity index is 523. The predicted octanol–water partition coefficient (Wildman–Crippen LogP) is 3.78. The average Bonchev–Trinajstić information content (AvgIpc) is 2.38. The molecular weight excluding hydrogens is 336 g/mol. The van der Waals surface area contributed by atoms with Crippen molar-refractivity contribution in [1.82, 2.24) is 4.90 Å². The summed E-state index contributed by atoms with van der Waals surface area (Å²) in [5.41, 5.74) is 2.58. The molecule has 0 aliphatic rings. The fourth-order valence-corrected chi connectivity index (χ4v) is 2.77. The normalized spacial score (nSPS) is 11.9. The molecule has 1 unspecified atom stereocenters. The molecule has 1 atom stereocenters. The molecule has 0 saturated carbocycles. The summed E-state index contributed by atoms with van der Waals surface area (Å²) in [6.07, 6.45) is 0.693. The number of anilines is 1. The number of halogens is 1. The van der Waals surface area contributed by atoms with Gasteiger partial charge in [-0.25, -0.2) is 4.79 Å². The molecule has 0 radical (unpaired) electrons.